The number of aryl methyl sites for hydroxylation is 1. The number of hydrogen-bond acceptors (Lipinski definition) is 3. The highest BCUT2D eigenvalue weighted by atomic mass is 16.2. The second-order valence-corrected chi connectivity index (χ2v) is 4.75. The van der Waals surface area contributed by atoms with Gasteiger partial charge >= 0.3 is 0 Å². The SMILES string of the molecule is CCN(CC)CCCc1cccc2c1C(=O)NC2=O. The van der Waals surface area contributed by atoms with Gasteiger partial charge in [-0.2, -0.15) is 0 Å². The third-order valence-electron chi connectivity index (χ3n) is 3.66. The molecule has 0 radical (unpaired) electrons. The van der Waals surface area contributed by atoms with Gasteiger partial charge in [-0.15, -0.1) is 0 Å². The molecule has 0 bridgehead atoms. The quantitative estimate of drug-likeness (QED) is 0.794. The Balaban J connectivity index is 2.06. The van der Waals surface area contributed by atoms with E-state index in [0.29, 0.717) is 11.1 Å². The van der Waals surface area contributed by atoms with Crippen LogP contribution in [0.15, 0.2) is 18.2 Å². The summed E-state index contributed by atoms with van der Waals surface area (Å²) in [6.07, 6.45) is 1.83. The van der Waals surface area contributed by atoms with Crippen LogP contribution in [0.3, 0.4) is 0 Å². The first-order valence-electron chi connectivity index (χ1n) is 6.87. The minimum atomic E-state index is -0.273. The molecule has 0 fully saturated rings. The molecule has 2 rings (SSSR count). The van der Waals surface area contributed by atoms with E-state index in [1.165, 1.54) is 0 Å². The summed E-state index contributed by atoms with van der Waals surface area (Å²) in [5.41, 5.74) is 2.07. The Morgan fingerprint density at radius 1 is 1.11 bits per heavy atom. The van der Waals surface area contributed by atoms with Gasteiger partial charge in [-0.3, -0.25) is 14.9 Å². The van der Waals surface area contributed by atoms with Gasteiger partial charge in [0.2, 0.25) is 0 Å². The lowest BCUT2D eigenvalue weighted by molar-refractivity contribution is 0.0879. The Hall–Kier alpha value is -1.68. The summed E-state index contributed by atoms with van der Waals surface area (Å²) in [5, 5.41) is 2.36. The third-order valence-corrected chi connectivity index (χ3v) is 3.66. The van der Waals surface area contributed by atoms with E-state index in [1.54, 1.807) is 6.07 Å². The molecule has 1 aliphatic rings. The van der Waals surface area contributed by atoms with Crippen LogP contribution in [0, 0.1) is 0 Å². The molecular weight excluding hydrogens is 240 g/mol. The van der Waals surface area contributed by atoms with E-state index in [4.69, 9.17) is 0 Å². The Kier molecular flexibility index (Phi) is 4.32. The molecule has 0 aliphatic carbocycles. The maximum absolute atomic E-state index is 11.8. The van der Waals surface area contributed by atoms with Gasteiger partial charge in [0.05, 0.1) is 11.1 Å². The summed E-state index contributed by atoms with van der Waals surface area (Å²) < 4.78 is 0. The van der Waals surface area contributed by atoms with Crippen molar-refractivity contribution in [1.82, 2.24) is 10.2 Å². The Labute approximate surface area is 113 Å². The second-order valence-electron chi connectivity index (χ2n) is 4.75. The van der Waals surface area contributed by atoms with Crippen molar-refractivity contribution in [3.8, 4) is 0 Å². The fourth-order valence-corrected chi connectivity index (χ4v) is 2.53. The van der Waals surface area contributed by atoms with E-state index in [9.17, 15) is 9.59 Å². The minimum absolute atomic E-state index is 0.251. The Morgan fingerprint density at radius 2 is 1.84 bits per heavy atom. The molecule has 0 unspecified atom stereocenters. The van der Waals surface area contributed by atoms with Crippen LogP contribution in [0.5, 0.6) is 0 Å². The molecule has 4 heteroatoms. The van der Waals surface area contributed by atoms with Gasteiger partial charge in [0.25, 0.3) is 11.8 Å². The number of amides is 2. The first-order chi connectivity index (χ1) is 9.17. The smallest absolute Gasteiger partial charge is 0.259 e. The van der Waals surface area contributed by atoms with E-state index >= 15 is 0 Å². The maximum Gasteiger partial charge on any atom is 0.259 e. The maximum atomic E-state index is 11.8. The van der Waals surface area contributed by atoms with Crippen molar-refractivity contribution in [2.45, 2.75) is 26.7 Å². The van der Waals surface area contributed by atoms with E-state index in [0.717, 1.165) is 38.0 Å². The largest absolute Gasteiger partial charge is 0.304 e. The number of carbonyl (C=O) groups is 2. The highest BCUT2D eigenvalue weighted by Crippen LogP contribution is 2.21. The van der Waals surface area contributed by atoms with Crippen molar-refractivity contribution in [3.63, 3.8) is 0 Å². The highest BCUT2D eigenvalue weighted by molar-refractivity contribution is 6.22. The van der Waals surface area contributed by atoms with E-state index in [-0.39, 0.29) is 11.8 Å². The Morgan fingerprint density at radius 3 is 2.53 bits per heavy atom. The van der Waals surface area contributed by atoms with Gasteiger partial charge in [0.1, 0.15) is 0 Å². The molecule has 1 aromatic rings. The zero-order chi connectivity index (χ0) is 13.8. The molecule has 1 heterocycles. The van der Waals surface area contributed by atoms with Crippen LogP contribution in [0.2, 0.25) is 0 Å². The molecule has 19 heavy (non-hydrogen) atoms. The summed E-state index contributed by atoms with van der Waals surface area (Å²) in [7, 11) is 0. The standard InChI is InChI=1S/C15H20N2O2/c1-3-17(4-2)10-6-8-11-7-5-9-12-13(11)15(19)16-14(12)18/h5,7,9H,3-4,6,8,10H2,1-2H3,(H,16,18,19). The summed E-state index contributed by atoms with van der Waals surface area (Å²) >= 11 is 0. The van der Waals surface area contributed by atoms with E-state index < -0.39 is 0 Å². The summed E-state index contributed by atoms with van der Waals surface area (Å²) in [5.74, 6) is -0.524. The van der Waals surface area contributed by atoms with E-state index in [1.807, 2.05) is 12.1 Å². The lowest BCUT2D eigenvalue weighted by Crippen LogP contribution is -2.24. The molecular formula is C15H20N2O2. The van der Waals surface area contributed by atoms with Crippen molar-refractivity contribution < 1.29 is 9.59 Å². The first-order valence-corrected chi connectivity index (χ1v) is 6.87. The van der Waals surface area contributed by atoms with Gasteiger partial charge < -0.3 is 4.90 Å². The summed E-state index contributed by atoms with van der Waals surface area (Å²) in [6, 6.07) is 5.51. The number of rotatable bonds is 6. The fraction of sp³-hybridized carbons (Fsp3) is 0.467. The van der Waals surface area contributed by atoms with Crippen molar-refractivity contribution in [3.05, 3.63) is 34.9 Å². The van der Waals surface area contributed by atoms with Gasteiger partial charge in [0, 0.05) is 0 Å². The van der Waals surface area contributed by atoms with Crippen LogP contribution in [0.1, 0.15) is 46.5 Å². The molecule has 102 valence electrons. The number of nitrogens with one attached hydrogen (secondary N) is 1. The summed E-state index contributed by atoms with van der Waals surface area (Å²) in [4.78, 5) is 25.7. The lowest BCUT2D eigenvalue weighted by atomic mass is 9.99. The predicted molar refractivity (Wildman–Crippen MR) is 74.3 cm³/mol. The molecule has 0 saturated heterocycles. The Bertz CT molecular complexity index is 493. The van der Waals surface area contributed by atoms with Crippen molar-refractivity contribution >= 4 is 11.8 Å². The van der Waals surface area contributed by atoms with Crippen molar-refractivity contribution in [2.75, 3.05) is 19.6 Å². The monoisotopic (exact) mass is 260 g/mol. The normalized spacial score (nSPS) is 13.8. The molecule has 0 atom stereocenters. The first kappa shape index (κ1) is 13.7. The van der Waals surface area contributed by atoms with Gasteiger partial charge in [-0.05, 0) is 44.1 Å². The molecule has 1 aromatic carbocycles. The molecule has 4 nitrogen and oxygen atoms in total. The molecule has 0 aromatic heterocycles. The number of carbonyl (C=O) groups excluding carboxylic acids is 2. The van der Waals surface area contributed by atoms with Crippen molar-refractivity contribution in [2.24, 2.45) is 0 Å². The molecule has 0 spiro atoms. The lowest BCUT2D eigenvalue weighted by Gasteiger charge is -2.17. The van der Waals surface area contributed by atoms with Crippen LogP contribution in [-0.4, -0.2) is 36.3 Å². The molecule has 0 saturated carbocycles. The number of imide groups is 1. The van der Waals surface area contributed by atoms with Crippen molar-refractivity contribution in [1.29, 1.82) is 0 Å². The zero-order valence-electron chi connectivity index (χ0n) is 11.5. The molecule has 1 aliphatic heterocycles. The summed E-state index contributed by atoms with van der Waals surface area (Å²) in [6.45, 7) is 7.41. The second kappa shape index (κ2) is 5.97. The number of benzene rings is 1. The van der Waals surface area contributed by atoms with E-state index in [2.05, 4.69) is 24.1 Å². The number of hydrogen-bond donors (Lipinski definition) is 1. The van der Waals surface area contributed by atoms with Crippen LogP contribution in [0.25, 0.3) is 0 Å². The van der Waals surface area contributed by atoms with Crippen LogP contribution in [-0.2, 0) is 6.42 Å². The molecule has 1 N–H and O–H groups in total. The van der Waals surface area contributed by atoms with Crippen LogP contribution >= 0.6 is 0 Å². The van der Waals surface area contributed by atoms with Crippen LogP contribution < -0.4 is 5.32 Å². The fourth-order valence-electron chi connectivity index (χ4n) is 2.53. The highest BCUT2D eigenvalue weighted by Gasteiger charge is 2.28. The van der Waals surface area contributed by atoms with Gasteiger partial charge in [0.15, 0.2) is 0 Å². The average molecular weight is 260 g/mol. The predicted octanol–water partition coefficient (Wildman–Crippen LogP) is 1.84. The van der Waals surface area contributed by atoms with Gasteiger partial charge in [-0.25, -0.2) is 0 Å². The third kappa shape index (κ3) is 2.84. The van der Waals surface area contributed by atoms with Crippen LogP contribution in [0.4, 0.5) is 0 Å². The minimum Gasteiger partial charge on any atom is -0.304 e. The number of nitrogens with zero attached hydrogens (tertiary/aromatic N) is 1. The van der Waals surface area contributed by atoms with Gasteiger partial charge in [-0.1, -0.05) is 26.0 Å². The zero-order valence-corrected chi connectivity index (χ0v) is 11.5. The topological polar surface area (TPSA) is 49.4 Å². The molecule has 2 amide bonds. The average Bonchev–Trinajstić information content (AvgIpc) is 2.71. The number of fused-ring (bicyclic) bond motifs is 1.